The van der Waals surface area contributed by atoms with Gasteiger partial charge in [0, 0.05) is 51.1 Å². The number of aromatic nitrogens is 5. The lowest BCUT2D eigenvalue weighted by molar-refractivity contribution is 0.470. The summed E-state index contributed by atoms with van der Waals surface area (Å²) in [7, 11) is 0. The van der Waals surface area contributed by atoms with E-state index in [0.29, 0.717) is 5.92 Å². The van der Waals surface area contributed by atoms with Gasteiger partial charge >= 0.3 is 0 Å². The van der Waals surface area contributed by atoms with Gasteiger partial charge in [0.25, 0.3) is 0 Å². The van der Waals surface area contributed by atoms with E-state index in [4.69, 9.17) is 0 Å². The first-order valence-electron chi connectivity index (χ1n) is 10.1. The van der Waals surface area contributed by atoms with Gasteiger partial charge in [-0.15, -0.1) is 10.2 Å². The molecule has 5 heterocycles. The summed E-state index contributed by atoms with van der Waals surface area (Å²) < 4.78 is 2.35. The summed E-state index contributed by atoms with van der Waals surface area (Å²) in [5.41, 5.74) is 0. The van der Waals surface area contributed by atoms with Gasteiger partial charge in [-0.1, -0.05) is 0 Å². The van der Waals surface area contributed by atoms with Crippen LogP contribution in [0.4, 0.5) is 11.6 Å². The average molecular weight is 353 g/mol. The monoisotopic (exact) mass is 353 g/mol. The van der Waals surface area contributed by atoms with Crippen LogP contribution in [0.15, 0.2) is 12.4 Å². The van der Waals surface area contributed by atoms with Crippen molar-refractivity contribution in [2.45, 2.75) is 57.4 Å². The van der Waals surface area contributed by atoms with Crippen LogP contribution in [0.1, 0.15) is 56.1 Å². The van der Waals surface area contributed by atoms with Crippen LogP contribution in [0.3, 0.4) is 0 Å². The van der Waals surface area contributed by atoms with E-state index in [-0.39, 0.29) is 0 Å². The first-order chi connectivity index (χ1) is 12.9. The highest BCUT2D eigenvalue weighted by Gasteiger charge is 2.29. The lowest BCUT2D eigenvalue weighted by atomic mass is 9.97. The Morgan fingerprint density at radius 2 is 1.62 bits per heavy atom. The molecule has 0 N–H and O–H groups in total. The summed E-state index contributed by atoms with van der Waals surface area (Å²) in [5, 5.41) is 8.93. The molecule has 1 unspecified atom stereocenters. The van der Waals surface area contributed by atoms with Crippen LogP contribution in [-0.2, 0) is 13.0 Å². The smallest absolute Gasteiger partial charge is 0.137 e. The fraction of sp³-hybridized carbons (Fsp3) is 0.684. The number of aryl methyl sites for hydroxylation is 1. The van der Waals surface area contributed by atoms with Crippen LogP contribution >= 0.6 is 0 Å². The Labute approximate surface area is 154 Å². The molecule has 0 aromatic carbocycles. The predicted octanol–water partition coefficient (Wildman–Crippen LogP) is 2.39. The SMILES string of the molecule is c1nc(N2CCCCC2)cc(N2CCCC(c3nnc4n3CCC4)C2)n1. The zero-order valence-electron chi connectivity index (χ0n) is 15.3. The van der Waals surface area contributed by atoms with Crippen molar-refractivity contribution in [1.82, 2.24) is 24.7 Å². The van der Waals surface area contributed by atoms with E-state index in [1.807, 2.05) is 0 Å². The summed E-state index contributed by atoms with van der Waals surface area (Å²) in [6, 6.07) is 2.18. The molecule has 0 bridgehead atoms. The first-order valence-corrected chi connectivity index (χ1v) is 10.1. The van der Waals surface area contributed by atoms with Gasteiger partial charge in [-0.3, -0.25) is 0 Å². The van der Waals surface area contributed by atoms with Gasteiger partial charge in [0.2, 0.25) is 0 Å². The molecule has 2 saturated heterocycles. The number of anilines is 2. The molecule has 0 radical (unpaired) electrons. The molecular formula is C19H27N7. The Kier molecular flexibility index (Phi) is 4.22. The maximum absolute atomic E-state index is 4.59. The Morgan fingerprint density at radius 3 is 2.50 bits per heavy atom. The Hall–Kier alpha value is -2.18. The van der Waals surface area contributed by atoms with Crippen molar-refractivity contribution in [2.75, 3.05) is 36.0 Å². The number of nitrogens with zero attached hydrogens (tertiary/aromatic N) is 7. The summed E-state index contributed by atoms with van der Waals surface area (Å²) in [6.07, 6.45) is 10.3. The molecule has 0 saturated carbocycles. The molecule has 2 aromatic heterocycles. The third kappa shape index (κ3) is 2.93. The molecule has 7 heteroatoms. The van der Waals surface area contributed by atoms with Gasteiger partial charge in [-0.25, -0.2) is 9.97 Å². The van der Waals surface area contributed by atoms with E-state index < -0.39 is 0 Å². The number of hydrogen-bond donors (Lipinski definition) is 0. The zero-order valence-corrected chi connectivity index (χ0v) is 15.3. The fourth-order valence-corrected chi connectivity index (χ4v) is 4.68. The van der Waals surface area contributed by atoms with Gasteiger partial charge in [-0.05, 0) is 38.5 Å². The Bertz CT molecular complexity index is 765. The molecule has 0 amide bonds. The lowest BCUT2D eigenvalue weighted by Crippen LogP contribution is -2.36. The highest BCUT2D eigenvalue weighted by atomic mass is 15.3. The summed E-state index contributed by atoms with van der Waals surface area (Å²) >= 11 is 0. The van der Waals surface area contributed by atoms with Crippen molar-refractivity contribution in [3.8, 4) is 0 Å². The highest BCUT2D eigenvalue weighted by molar-refractivity contribution is 5.50. The third-order valence-electron chi connectivity index (χ3n) is 6.07. The quantitative estimate of drug-likeness (QED) is 0.844. The van der Waals surface area contributed by atoms with E-state index in [1.54, 1.807) is 6.33 Å². The van der Waals surface area contributed by atoms with Crippen molar-refractivity contribution in [2.24, 2.45) is 0 Å². The number of fused-ring (bicyclic) bond motifs is 1. The number of piperidine rings is 2. The van der Waals surface area contributed by atoms with Gasteiger partial charge in [0.05, 0.1) is 0 Å². The maximum Gasteiger partial charge on any atom is 0.137 e. The van der Waals surface area contributed by atoms with E-state index in [2.05, 4.69) is 40.6 Å². The average Bonchev–Trinajstić information content (AvgIpc) is 3.33. The van der Waals surface area contributed by atoms with Crippen molar-refractivity contribution in [3.05, 3.63) is 24.0 Å². The standard InChI is InChI=1S/C19H27N7/c1-2-8-24(9-3-1)17-12-18(21-14-20-17)25-10-4-6-15(13-25)19-23-22-16-7-5-11-26(16)19/h12,14-15H,1-11,13H2. The minimum absolute atomic E-state index is 0.455. The van der Waals surface area contributed by atoms with Crippen molar-refractivity contribution in [3.63, 3.8) is 0 Å². The molecule has 0 aliphatic carbocycles. The Morgan fingerprint density at radius 1 is 0.808 bits per heavy atom. The molecule has 0 spiro atoms. The normalized spacial score (nSPS) is 23.3. The van der Waals surface area contributed by atoms with E-state index in [0.717, 1.165) is 50.8 Å². The zero-order chi connectivity index (χ0) is 17.3. The van der Waals surface area contributed by atoms with Crippen LogP contribution in [0, 0.1) is 0 Å². The minimum Gasteiger partial charge on any atom is -0.356 e. The Balaban J connectivity index is 1.35. The van der Waals surface area contributed by atoms with Crippen LogP contribution in [0.2, 0.25) is 0 Å². The van der Waals surface area contributed by atoms with E-state index >= 15 is 0 Å². The number of hydrogen-bond acceptors (Lipinski definition) is 6. The molecule has 3 aliphatic heterocycles. The minimum atomic E-state index is 0.455. The van der Waals surface area contributed by atoms with Crippen LogP contribution in [-0.4, -0.2) is 50.9 Å². The van der Waals surface area contributed by atoms with E-state index in [9.17, 15) is 0 Å². The summed E-state index contributed by atoms with van der Waals surface area (Å²) in [5.74, 6) is 4.96. The molecule has 138 valence electrons. The molecule has 2 fully saturated rings. The molecule has 26 heavy (non-hydrogen) atoms. The largest absolute Gasteiger partial charge is 0.356 e. The molecule has 5 rings (SSSR count). The van der Waals surface area contributed by atoms with Gasteiger partial charge in [0.15, 0.2) is 0 Å². The lowest BCUT2D eigenvalue weighted by Gasteiger charge is -2.34. The molecule has 7 nitrogen and oxygen atoms in total. The van der Waals surface area contributed by atoms with Crippen molar-refractivity contribution < 1.29 is 0 Å². The second kappa shape index (κ2) is 6.85. The highest BCUT2D eigenvalue weighted by Crippen LogP contribution is 2.31. The van der Waals surface area contributed by atoms with Gasteiger partial charge in [-0.2, -0.15) is 0 Å². The second-order valence-electron chi connectivity index (χ2n) is 7.80. The maximum atomic E-state index is 4.59. The summed E-state index contributed by atoms with van der Waals surface area (Å²) in [4.78, 5) is 13.9. The van der Waals surface area contributed by atoms with Crippen LogP contribution < -0.4 is 9.80 Å². The fourth-order valence-electron chi connectivity index (χ4n) is 4.68. The van der Waals surface area contributed by atoms with Crippen LogP contribution in [0.25, 0.3) is 0 Å². The molecule has 3 aliphatic rings. The first kappa shape index (κ1) is 16.0. The topological polar surface area (TPSA) is 63.0 Å². The molecule has 1 atom stereocenters. The van der Waals surface area contributed by atoms with Gasteiger partial charge in [0.1, 0.15) is 29.6 Å². The number of rotatable bonds is 3. The predicted molar refractivity (Wildman–Crippen MR) is 101 cm³/mol. The van der Waals surface area contributed by atoms with Crippen molar-refractivity contribution in [1.29, 1.82) is 0 Å². The second-order valence-corrected chi connectivity index (χ2v) is 7.80. The van der Waals surface area contributed by atoms with Gasteiger partial charge < -0.3 is 14.4 Å². The van der Waals surface area contributed by atoms with E-state index in [1.165, 1.54) is 50.2 Å². The molecular weight excluding hydrogens is 326 g/mol. The van der Waals surface area contributed by atoms with Crippen molar-refractivity contribution >= 4 is 11.6 Å². The third-order valence-corrected chi connectivity index (χ3v) is 6.07. The van der Waals surface area contributed by atoms with Crippen LogP contribution in [0.5, 0.6) is 0 Å². The molecule has 2 aromatic rings. The summed E-state index contributed by atoms with van der Waals surface area (Å²) in [6.45, 7) is 5.36.